The first kappa shape index (κ1) is 25.9. The Morgan fingerprint density at radius 2 is 1.77 bits per heavy atom. The fourth-order valence-corrected chi connectivity index (χ4v) is 3.55. The van der Waals surface area contributed by atoms with Crippen molar-refractivity contribution in [2.75, 3.05) is 38.8 Å². The van der Waals surface area contributed by atoms with Crippen molar-refractivity contribution in [2.45, 2.75) is 18.9 Å². The lowest BCUT2D eigenvalue weighted by Gasteiger charge is -2.21. The molecule has 2 unspecified atom stereocenters. The molecule has 1 heterocycles. The third kappa shape index (κ3) is 6.97. The summed E-state index contributed by atoms with van der Waals surface area (Å²) in [6, 6.07) is 15.2. The van der Waals surface area contributed by atoms with Crippen LogP contribution in [-0.2, 0) is 11.2 Å². The van der Waals surface area contributed by atoms with E-state index in [1.807, 2.05) is 48.5 Å². The highest BCUT2D eigenvalue weighted by Gasteiger charge is 2.25. The normalized spacial score (nSPS) is 16.1. The largest absolute Gasteiger partial charge is 0.497 e. The van der Waals surface area contributed by atoms with Crippen LogP contribution in [0.1, 0.15) is 12.0 Å². The predicted molar refractivity (Wildman–Crippen MR) is 125 cm³/mol. The van der Waals surface area contributed by atoms with Gasteiger partial charge in [-0.25, -0.2) is 0 Å². The molecule has 3 rings (SSSR count). The topological polar surface area (TPSA) is 76.8 Å². The highest BCUT2D eigenvalue weighted by Crippen LogP contribution is 2.31. The first-order valence-corrected chi connectivity index (χ1v) is 9.64. The van der Waals surface area contributed by atoms with Crippen LogP contribution in [0, 0.1) is 5.92 Å². The summed E-state index contributed by atoms with van der Waals surface area (Å²) in [5.41, 5.74) is 8.21. The van der Waals surface area contributed by atoms with Crippen molar-refractivity contribution in [3.63, 3.8) is 0 Å². The molecule has 0 saturated carbocycles. The number of hydrogen-bond acceptors (Lipinski definition) is 5. The molecule has 0 aromatic heterocycles. The maximum Gasteiger partial charge on any atom is 0.237 e. The molecule has 1 saturated heterocycles. The van der Waals surface area contributed by atoms with Crippen molar-refractivity contribution >= 4 is 36.4 Å². The molecule has 0 aliphatic carbocycles. The molecular formula is C22H31Cl2N3O3. The third-order valence-electron chi connectivity index (χ3n) is 5.19. The summed E-state index contributed by atoms with van der Waals surface area (Å²) in [5.74, 6) is 1.85. The second-order valence-corrected chi connectivity index (χ2v) is 7.21. The summed E-state index contributed by atoms with van der Waals surface area (Å²) >= 11 is 0. The van der Waals surface area contributed by atoms with Gasteiger partial charge in [0.2, 0.25) is 5.91 Å². The van der Waals surface area contributed by atoms with Gasteiger partial charge < -0.3 is 25.4 Å². The van der Waals surface area contributed by atoms with Crippen LogP contribution >= 0.6 is 24.8 Å². The van der Waals surface area contributed by atoms with Gasteiger partial charge in [-0.05, 0) is 24.3 Å². The molecule has 30 heavy (non-hydrogen) atoms. The number of hydrogen-bond donors (Lipinski definition) is 2. The number of benzene rings is 2. The third-order valence-corrected chi connectivity index (χ3v) is 5.19. The first-order valence-electron chi connectivity index (χ1n) is 9.64. The molecule has 0 radical (unpaired) electrons. The van der Waals surface area contributed by atoms with Crippen LogP contribution < -0.4 is 25.4 Å². The highest BCUT2D eigenvalue weighted by atomic mass is 35.5. The average Bonchev–Trinajstić information content (AvgIpc) is 3.21. The highest BCUT2D eigenvalue weighted by molar-refractivity contribution is 5.85. The lowest BCUT2D eigenvalue weighted by Crippen LogP contribution is -2.44. The predicted octanol–water partition coefficient (Wildman–Crippen LogP) is 3.06. The minimum atomic E-state index is -0.525. The number of methoxy groups -OCH3 is 2. The van der Waals surface area contributed by atoms with E-state index >= 15 is 0 Å². The number of nitrogens with two attached hydrogens (primary N) is 1. The number of halogens is 2. The van der Waals surface area contributed by atoms with Crippen molar-refractivity contribution in [3.05, 3.63) is 54.1 Å². The van der Waals surface area contributed by atoms with E-state index in [1.54, 1.807) is 14.2 Å². The summed E-state index contributed by atoms with van der Waals surface area (Å²) in [6.45, 7) is 2.45. The maximum atomic E-state index is 12.3. The zero-order valence-electron chi connectivity index (χ0n) is 17.4. The molecule has 0 bridgehead atoms. The molecule has 8 heteroatoms. The van der Waals surface area contributed by atoms with E-state index in [9.17, 15) is 4.79 Å². The number of nitrogens with one attached hydrogen (secondary N) is 1. The molecular weight excluding hydrogens is 425 g/mol. The molecule has 1 fully saturated rings. The van der Waals surface area contributed by atoms with Crippen molar-refractivity contribution in [1.82, 2.24) is 5.32 Å². The lowest BCUT2D eigenvalue weighted by atomic mass is 10.1. The Balaban J connectivity index is 0.00000225. The molecule has 1 amide bonds. The monoisotopic (exact) mass is 455 g/mol. The van der Waals surface area contributed by atoms with E-state index in [-0.39, 0.29) is 30.7 Å². The van der Waals surface area contributed by atoms with Crippen molar-refractivity contribution in [3.8, 4) is 11.5 Å². The van der Waals surface area contributed by atoms with Gasteiger partial charge in [-0.3, -0.25) is 4.79 Å². The van der Waals surface area contributed by atoms with E-state index < -0.39 is 6.04 Å². The number of anilines is 1. The molecule has 2 aromatic rings. The standard InChI is InChI=1S/C22H29N3O3.2ClH/c1-27-19-11-18(12-20(13-19)28-2)25-9-8-17(15-25)14-24-22(26)21(23)10-16-6-4-3-5-7-16;;/h3-7,11-13,17,21H,8-10,14-15,23H2,1-2H3,(H,24,26);2*1H. The Hall–Kier alpha value is -2.15. The SMILES string of the molecule is COc1cc(OC)cc(N2CCC(CNC(=O)C(N)Cc3ccccc3)C2)c1.Cl.Cl. The van der Waals surface area contributed by atoms with Crippen LogP contribution in [0.25, 0.3) is 0 Å². The van der Waals surface area contributed by atoms with E-state index in [1.165, 1.54) is 0 Å². The summed E-state index contributed by atoms with van der Waals surface area (Å²) < 4.78 is 10.7. The molecule has 1 aliphatic heterocycles. The Kier molecular flexibility index (Phi) is 10.8. The van der Waals surface area contributed by atoms with E-state index in [0.717, 1.165) is 42.3 Å². The van der Waals surface area contributed by atoms with E-state index in [4.69, 9.17) is 15.2 Å². The van der Waals surface area contributed by atoms with Crippen molar-refractivity contribution in [1.29, 1.82) is 0 Å². The second-order valence-electron chi connectivity index (χ2n) is 7.21. The van der Waals surface area contributed by atoms with Gasteiger partial charge in [0, 0.05) is 43.5 Å². The smallest absolute Gasteiger partial charge is 0.237 e. The number of ether oxygens (including phenoxy) is 2. The number of carbonyl (C=O) groups is 1. The molecule has 2 atom stereocenters. The Morgan fingerprint density at radius 3 is 2.37 bits per heavy atom. The number of rotatable bonds is 8. The minimum absolute atomic E-state index is 0. The number of carbonyl (C=O) groups excluding carboxylic acids is 1. The van der Waals surface area contributed by atoms with Crippen molar-refractivity contribution < 1.29 is 14.3 Å². The average molecular weight is 456 g/mol. The summed E-state index contributed by atoms with van der Waals surface area (Å²) in [7, 11) is 3.30. The van der Waals surface area contributed by atoms with Crippen LogP contribution in [0.2, 0.25) is 0 Å². The van der Waals surface area contributed by atoms with E-state index in [0.29, 0.717) is 18.9 Å². The molecule has 0 spiro atoms. The van der Waals surface area contributed by atoms with Gasteiger partial charge >= 0.3 is 0 Å². The summed E-state index contributed by atoms with van der Waals surface area (Å²) in [6.07, 6.45) is 1.57. The van der Waals surface area contributed by atoms with Gasteiger partial charge in [0.05, 0.1) is 20.3 Å². The van der Waals surface area contributed by atoms with Gasteiger partial charge in [0.15, 0.2) is 0 Å². The fourth-order valence-electron chi connectivity index (χ4n) is 3.55. The molecule has 6 nitrogen and oxygen atoms in total. The quantitative estimate of drug-likeness (QED) is 0.639. The summed E-state index contributed by atoms with van der Waals surface area (Å²) in [4.78, 5) is 14.6. The van der Waals surface area contributed by atoms with Gasteiger partial charge in [-0.15, -0.1) is 24.8 Å². The number of nitrogens with zero attached hydrogens (tertiary/aromatic N) is 1. The van der Waals surface area contributed by atoms with Gasteiger partial charge in [-0.2, -0.15) is 0 Å². The van der Waals surface area contributed by atoms with E-state index in [2.05, 4.69) is 10.2 Å². The Labute approximate surface area is 190 Å². The minimum Gasteiger partial charge on any atom is -0.497 e. The van der Waals surface area contributed by atoms with Crippen LogP contribution in [0.5, 0.6) is 11.5 Å². The Morgan fingerprint density at radius 1 is 1.13 bits per heavy atom. The Bertz CT molecular complexity index is 770. The van der Waals surface area contributed by atoms with Gasteiger partial charge in [0.1, 0.15) is 11.5 Å². The molecule has 166 valence electrons. The number of amides is 1. The fraction of sp³-hybridized carbons (Fsp3) is 0.409. The molecule has 3 N–H and O–H groups in total. The van der Waals surface area contributed by atoms with Crippen LogP contribution in [0.15, 0.2) is 48.5 Å². The molecule has 1 aliphatic rings. The van der Waals surface area contributed by atoms with Crippen LogP contribution in [0.3, 0.4) is 0 Å². The molecule has 2 aromatic carbocycles. The zero-order chi connectivity index (χ0) is 19.9. The van der Waals surface area contributed by atoms with Crippen LogP contribution in [-0.4, -0.2) is 45.8 Å². The van der Waals surface area contributed by atoms with Crippen molar-refractivity contribution in [2.24, 2.45) is 11.7 Å². The second kappa shape index (κ2) is 12.5. The lowest BCUT2D eigenvalue weighted by molar-refractivity contribution is -0.122. The van der Waals surface area contributed by atoms with Gasteiger partial charge in [0.25, 0.3) is 0 Å². The summed E-state index contributed by atoms with van der Waals surface area (Å²) in [5, 5.41) is 3.02. The first-order chi connectivity index (χ1) is 13.6. The van der Waals surface area contributed by atoms with Crippen LogP contribution in [0.4, 0.5) is 5.69 Å². The zero-order valence-corrected chi connectivity index (χ0v) is 19.0. The maximum absolute atomic E-state index is 12.3. The van der Waals surface area contributed by atoms with Gasteiger partial charge in [-0.1, -0.05) is 30.3 Å².